The highest BCUT2D eigenvalue weighted by atomic mass is 35.5. The number of rotatable bonds is 5. The Bertz CT molecular complexity index is 682. The zero-order chi connectivity index (χ0) is 15.4. The monoisotopic (exact) mass is 312 g/mol. The van der Waals surface area contributed by atoms with Gasteiger partial charge in [-0.25, -0.2) is 0 Å². The summed E-state index contributed by atoms with van der Waals surface area (Å²) in [6, 6.07) is 1.48. The minimum atomic E-state index is -0.599. The van der Waals surface area contributed by atoms with E-state index in [-0.39, 0.29) is 28.5 Å². The number of nitrogens with zero attached hydrogens (tertiary/aromatic N) is 4. The van der Waals surface area contributed by atoms with Gasteiger partial charge in [-0.1, -0.05) is 11.6 Å². The number of aromatic nitrogens is 4. The smallest absolute Gasteiger partial charge is 0.296 e. The molecule has 0 bridgehead atoms. The van der Waals surface area contributed by atoms with E-state index in [1.807, 2.05) is 0 Å². The molecule has 0 spiro atoms. The van der Waals surface area contributed by atoms with Crippen LogP contribution in [0.3, 0.4) is 0 Å². The molecule has 0 aliphatic heterocycles. The highest BCUT2D eigenvalue weighted by Crippen LogP contribution is 2.20. The predicted molar refractivity (Wildman–Crippen MR) is 74.7 cm³/mol. The van der Waals surface area contributed by atoms with Crippen molar-refractivity contribution in [3.63, 3.8) is 0 Å². The molecule has 0 unspecified atom stereocenters. The van der Waals surface area contributed by atoms with Crippen LogP contribution in [-0.4, -0.2) is 40.6 Å². The molecule has 0 saturated heterocycles. The predicted octanol–water partition coefficient (Wildman–Crippen LogP) is 1.09. The fourth-order valence-electron chi connectivity index (χ4n) is 1.51. The van der Waals surface area contributed by atoms with E-state index in [0.717, 1.165) is 4.68 Å². The summed E-state index contributed by atoms with van der Waals surface area (Å²) in [5.74, 6) is 0.655. The van der Waals surface area contributed by atoms with Gasteiger partial charge in [-0.15, -0.1) is 0 Å². The van der Waals surface area contributed by atoms with Crippen molar-refractivity contribution in [2.45, 2.75) is 6.92 Å². The van der Waals surface area contributed by atoms with Crippen LogP contribution in [0.2, 0.25) is 5.02 Å². The summed E-state index contributed by atoms with van der Waals surface area (Å²) < 4.78 is 16.2. The summed E-state index contributed by atoms with van der Waals surface area (Å²) in [5.41, 5.74) is -0.599. The first-order valence-electron chi connectivity index (χ1n) is 5.98. The molecule has 2 aromatic rings. The first kappa shape index (κ1) is 15.0. The van der Waals surface area contributed by atoms with E-state index in [0.29, 0.717) is 6.61 Å². The fourth-order valence-corrected chi connectivity index (χ4v) is 1.70. The number of hydrogen-bond donors (Lipinski definition) is 0. The van der Waals surface area contributed by atoms with E-state index in [4.69, 9.17) is 25.8 Å². The van der Waals surface area contributed by atoms with E-state index in [1.165, 1.54) is 26.5 Å². The van der Waals surface area contributed by atoms with E-state index < -0.39 is 5.56 Å². The Kier molecular flexibility index (Phi) is 4.59. The number of hydrogen-bond acceptors (Lipinski definition) is 7. The molecule has 8 nitrogen and oxygen atoms in total. The van der Waals surface area contributed by atoms with Crippen molar-refractivity contribution < 1.29 is 14.2 Å². The standard InChI is InChI=1S/C12H13ClN4O4/c1-4-21-7-6-14-17(11(18)10(7)13)12-15-8(19-2)5-9(16-12)20-3/h5-6H,4H2,1-3H3. The third-order valence-corrected chi connectivity index (χ3v) is 2.81. The average Bonchev–Trinajstić information content (AvgIpc) is 2.51. The lowest BCUT2D eigenvalue weighted by Gasteiger charge is -2.09. The minimum absolute atomic E-state index is 0.0128. The quantitative estimate of drug-likeness (QED) is 0.816. The Morgan fingerprint density at radius 1 is 1.24 bits per heavy atom. The molecule has 2 rings (SSSR count). The molecular weight excluding hydrogens is 300 g/mol. The van der Waals surface area contributed by atoms with Gasteiger partial charge in [-0.2, -0.15) is 19.7 Å². The Morgan fingerprint density at radius 3 is 2.38 bits per heavy atom. The van der Waals surface area contributed by atoms with Gasteiger partial charge in [0.1, 0.15) is 0 Å². The molecule has 21 heavy (non-hydrogen) atoms. The van der Waals surface area contributed by atoms with Crippen molar-refractivity contribution in [3.8, 4) is 23.5 Å². The van der Waals surface area contributed by atoms with Crippen LogP contribution >= 0.6 is 11.6 Å². The lowest BCUT2D eigenvalue weighted by atomic mass is 10.5. The zero-order valence-corrected chi connectivity index (χ0v) is 12.4. The van der Waals surface area contributed by atoms with Crippen LogP contribution < -0.4 is 19.8 Å². The van der Waals surface area contributed by atoms with E-state index >= 15 is 0 Å². The molecule has 112 valence electrons. The fraction of sp³-hybridized carbons (Fsp3) is 0.333. The molecule has 0 saturated carbocycles. The summed E-state index contributed by atoms with van der Waals surface area (Å²) in [7, 11) is 2.87. The van der Waals surface area contributed by atoms with Crippen LogP contribution in [0.5, 0.6) is 17.5 Å². The second kappa shape index (κ2) is 6.40. The third-order valence-electron chi connectivity index (χ3n) is 2.46. The maximum Gasteiger partial charge on any atom is 0.296 e. The van der Waals surface area contributed by atoms with Crippen LogP contribution in [0.25, 0.3) is 5.95 Å². The minimum Gasteiger partial charge on any atom is -0.490 e. The van der Waals surface area contributed by atoms with Gasteiger partial charge >= 0.3 is 0 Å². The van der Waals surface area contributed by atoms with Gasteiger partial charge in [0.15, 0.2) is 10.8 Å². The molecule has 0 aliphatic carbocycles. The molecule has 9 heteroatoms. The van der Waals surface area contributed by atoms with Crippen molar-refractivity contribution in [1.82, 2.24) is 19.7 Å². The van der Waals surface area contributed by atoms with Gasteiger partial charge < -0.3 is 14.2 Å². The van der Waals surface area contributed by atoms with Crippen molar-refractivity contribution in [3.05, 3.63) is 27.6 Å². The highest BCUT2D eigenvalue weighted by molar-refractivity contribution is 6.31. The second-order valence-electron chi connectivity index (χ2n) is 3.73. The highest BCUT2D eigenvalue weighted by Gasteiger charge is 2.15. The Hall–Kier alpha value is -2.35. The van der Waals surface area contributed by atoms with Gasteiger partial charge in [0, 0.05) is 0 Å². The number of ether oxygens (including phenoxy) is 3. The summed E-state index contributed by atoms with van der Waals surface area (Å²) in [4.78, 5) is 20.3. The molecule has 0 amide bonds. The summed E-state index contributed by atoms with van der Waals surface area (Å²) in [5, 5.41) is 3.84. The molecule has 2 aromatic heterocycles. The Balaban J connectivity index is 2.57. The zero-order valence-electron chi connectivity index (χ0n) is 11.7. The largest absolute Gasteiger partial charge is 0.490 e. The summed E-state index contributed by atoms with van der Waals surface area (Å²) >= 11 is 5.96. The molecule has 0 aliphatic rings. The maximum absolute atomic E-state index is 12.2. The van der Waals surface area contributed by atoms with Gasteiger partial charge in [-0.3, -0.25) is 4.79 Å². The van der Waals surface area contributed by atoms with E-state index in [9.17, 15) is 4.79 Å². The second-order valence-corrected chi connectivity index (χ2v) is 4.10. The molecular formula is C12H13ClN4O4. The van der Waals surface area contributed by atoms with Crippen LogP contribution in [0.4, 0.5) is 0 Å². The first-order valence-corrected chi connectivity index (χ1v) is 6.36. The van der Waals surface area contributed by atoms with Crippen LogP contribution in [0.15, 0.2) is 17.1 Å². The van der Waals surface area contributed by atoms with Gasteiger partial charge in [0.25, 0.3) is 11.5 Å². The van der Waals surface area contributed by atoms with Crippen LogP contribution in [0.1, 0.15) is 6.92 Å². The molecule has 0 radical (unpaired) electrons. The van der Waals surface area contributed by atoms with Crippen LogP contribution in [-0.2, 0) is 0 Å². The van der Waals surface area contributed by atoms with Crippen molar-refractivity contribution in [2.75, 3.05) is 20.8 Å². The molecule has 0 fully saturated rings. The van der Waals surface area contributed by atoms with Gasteiger partial charge in [0.05, 0.1) is 33.1 Å². The normalized spacial score (nSPS) is 10.3. The van der Waals surface area contributed by atoms with Crippen molar-refractivity contribution in [1.29, 1.82) is 0 Å². The van der Waals surface area contributed by atoms with E-state index in [2.05, 4.69) is 15.1 Å². The number of methoxy groups -OCH3 is 2. The van der Waals surface area contributed by atoms with Crippen LogP contribution in [0, 0.1) is 0 Å². The van der Waals surface area contributed by atoms with E-state index in [1.54, 1.807) is 6.92 Å². The topological polar surface area (TPSA) is 88.4 Å². The van der Waals surface area contributed by atoms with Crippen molar-refractivity contribution >= 4 is 11.6 Å². The van der Waals surface area contributed by atoms with Crippen molar-refractivity contribution in [2.24, 2.45) is 0 Å². The Labute approximate surface area is 125 Å². The molecule has 0 atom stereocenters. The van der Waals surface area contributed by atoms with Gasteiger partial charge in [-0.05, 0) is 6.92 Å². The molecule has 0 N–H and O–H groups in total. The third kappa shape index (κ3) is 3.05. The van der Waals surface area contributed by atoms with Gasteiger partial charge in [0.2, 0.25) is 11.8 Å². The first-order chi connectivity index (χ1) is 10.1. The maximum atomic E-state index is 12.2. The SMILES string of the molecule is CCOc1cnn(-c2nc(OC)cc(OC)n2)c(=O)c1Cl. The summed E-state index contributed by atoms with van der Waals surface area (Å²) in [6.45, 7) is 2.15. The Morgan fingerprint density at radius 2 is 1.86 bits per heavy atom. The summed E-state index contributed by atoms with van der Waals surface area (Å²) in [6.07, 6.45) is 1.32. The number of halogens is 1. The average molecular weight is 313 g/mol. The lowest BCUT2D eigenvalue weighted by Crippen LogP contribution is -2.24. The molecule has 2 heterocycles. The molecule has 0 aromatic carbocycles. The lowest BCUT2D eigenvalue weighted by molar-refractivity contribution is 0.336.